The van der Waals surface area contributed by atoms with E-state index in [2.05, 4.69) is 25.9 Å². The third-order valence-electron chi connectivity index (χ3n) is 5.98. The van der Waals surface area contributed by atoms with Crippen molar-refractivity contribution in [3.63, 3.8) is 0 Å². The van der Waals surface area contributed by atoms with Crippen molar-refractivity contribution in [3.05, 3.63) is 76.9 Å². The smallest absolute Gasteiger partial charge is 0.253 e. The predicted octanol–water partition coefficient (Wildman–Crippen LogP) is 3.72. The van der Waals surface area contributed by atoms with E-state index in [1.54, 1.807) is 35.4 Å². The van der Waals surface area contributed by atoms with E-state index in [0.29, 0.717) is 24.6 Å². The number of H-pyrrole nitrogens is 1. The van der Waals surface area contributed by atoms with Gasteiger partial charge in [0, 0.05) is 36.2 Å². The van der Waals surface area contributed by atoms with Crippen molar-refractivity contribution in [2.75, 3.05) is 31.9 Å². The quantitative estimate of drug-likeness (QED) is 0.410. The molecule has 1 amide bonds. The number of hydrogen-bond donors (Lipinski definition) is 2. The number of benzene rings is 3. The van der Waals surface area contributed by atoms with E-state index in [1.165, 1.54) is 4.31 Å². The van der Waals surface area contributed by atoms with Gasteiger partial charge in [0.2, 0.25) is 10.0 Å². The second kappa shape index (κ2) is 8.86. The maximum absolute atomic E-state index is 13.2. The normalized spacial score (nSPS) is 15.0. The molecule has 174 valence electrons. The molecule has 34 heavy (non-hydrogen) atoms. The fourth-order valence-electron chi connectivity index (χ4n) is 4.09. The Labute approximate surface area is 205 Å². The van der Waals surface area contributed by atoms with Crippen LogP contribution in [0.25, 0.3) is 22.0 Å². The number of carbonyl (C=O) groups is 1. The summed E-state index contributed by atoms with van der Waals surface area (Å²) in [5.74, 6) is 0.212. The van der Waals surface area contributed by atoms with E-state index in [9.17, 15) is 13.2 Å². The van der Waals surface area contributed by atoms with Crippen LogP contribution in [-0.2, 0) is 10.0 Å². The van der Waals surface area contributed by atoms with Gasteiger partial charge in [-0.05, 0) is 52.7 Å². The Morgan fingerprint density at radius 2 is 1.62 bits per heavy atom. The third-order valence-corrected chi connectivity index (χ3v) is 8.36. The third kappa shape index (κ3) is 4.31. The standard InChI is InChI=1S/C24H22BrN5O3S/c25-20-7-5-19-14-21(8-6-18(19)13-20)34(32,33)30-11-9-29(10-12-30)23(31)17-3-1-16(2-4-17)22-15-27-24(26)28-22/h1-8,13-15H,9-12H2,(H3,26,27,28). The van der Waals surface area contributed by atoms with E-state index >= 15 is 0 Å². The minimum Gasteiger partial charge on any atom is -0.369 e. The lowest BCUT2D eigenvalue weighted by molar-refractivity contribution is 0.0698. The Hall–Kier alpha value is -3.21. The molecule has 3 aromatic carbocycles. The first-order chi connectivity index (χ1) is 16.3. The number of fused-ring (bicyclic) bond motifs is 1. The highest BCUT2D eigenvalue weighted by atomic mass is 79.9. The fraction of sp³-hybridized carbons (Fsp3) is 0.167. The first-order valence-electron chi connectivity index (χ1n) is 10.7. The Morgan fingerprint density at radius 1 is 0.941 bits per heavy atom. The number of nitrogens with two attached hydrogens (primary N) is 1. The summed E-state index contributed by atoms with van der Waals surface area (Å²) in [4.78, 5) is 21.9. The number of nitrogens with zero attached hydrogens (tertiary/aromatic N) is 3. The largest absolute Gasteiger partial charge is 0.369 e. The van der Waals surface area contributed by atoms with Crippen LogP contribution in [-0.4, -0.2) is 59.7 Å². The van der Waals surface area contributed by atoms with E-state index in [0.717, 1.165) is 26.5 Å². The Morgan fingerprint density at radius 3 is 2.29 bits per heavy atom. The number of rotatable bonds is 4. The van der Waals surface area contributed by atoms with Gasteiger partial charge in [-0.25, -0.2) is 13.4 Å². The van der Waals surface area contributed by atoms with Crippen LogP contribution >= 0.6 is 15.9 Å². The van der Waals surface area contributed by atoms with Crippen molar-refractivity contribution in [2.24, 2.45) is 0 Å². The first-order valence-corrected chi connectivity index (χ1v) is 12.9. The molecule has 1 aromatic heterocycles. The zero-order valence-corrected chi connectivity index (χ0v) is 20.5. The topological polar surface area (TPSA) is 112 Å². The molecule has 2 heterocycles. The van der Waals surface area contributed by atoms with Crippen LogP contribution in [0.4, 0.5) is 5.95 Å². The lowest BCUT2D eigenvalue weighted by Crippen LogP contribution is -2.50. The van der Waals surface area contributed by atoms with Crippen LogP contribution in [0, 0.1) is 0 Å². The van der Waals surface area contributed by atoms with Gasteiger partial charge in [-0.15, -0.1) is 0 Å². The van der Waals surface area contributed by atoms with Gasteiger partial charge in [0.25, 0.3) is 5.91 Å². The molecule has 1 aliphatic rings. The molecule has 10 heteroatoms. The predicted molar refractivity (Wildman–Crippen MR) is 135 cm³/mol. The number of hydrogen-bond acceptors (Lipinski definition) is 5. The average Bonchev–Trinajstić information content (AvgIpc) is 3.29. The molecule has 0 saturated carbocycles. The maximum atomic E-state index is 13.2. The second-order valence-electron chi connectivity index (χ2n) is 8.11. The molecular weight excluding hydrogens is 518 g/mol. The highest BCUT2D eigenvalue weighted by Crippen LogP contribution is 2.26. The van der Waals surface area contributed by atoms with Crippen LogP contribution in [0.5, 0.6) is 0 Å². The second-order valence-corrected chi connectivity index (χ2v) is 11.0. The SMILES string of the molecule is Nc1ncc(-c2ccc(C(=O)N3CCN(S(=O)(=O)c4ccc5cc(Br)ccc5c4)CC3)cc2)[nH]1. The van der Waals surface area contributed by atoms with Crippen molar-refractivity contribution in [2.45, 2.75) is 4.90 Å². The number of carbonyl (C=O) groups excluding carboxylic acids is 1. The number of aromatic amines is 1. The summed E-state index contributed by atoms with van der Waals surface area (Å²) >= 11 is 3.43. The zero-order valence-electron chi connectivity index (χ0n) is 18.1. The minimum atomic E-state index is -3.65. The number of amides is 1. The van der Waals surface area contributed by atoms with Crippen LogP contribution in [0.2, 0.25) is 0 Å². The fourth-order valence-corrected chi connectivity index (χ4v) is 5.93. The van der Waals surface area contributed by atoms with Gasteiger partial charge in [0.15, 0.2) is 5.95 Å². The number of aromatic nitrogens is 2. The summed E-state index contributed by atoms with van der Waals surface area (Å²) in [7, 11) is -3.65. The van der Waals surface area contributed by atoms with Crippen LogP contribution in [0.1, 0.15) is 10.4 Å². The van der Waals surface area contributed by atoms with E-state index < -0.39 is 10.0 Å². The molecule has 8 nitrogen and oxygen atoms in total. The molecule has 0 aliphatic carbocycles. The molecule has 0 radical (unpaired) electrons. The Kier molecular flexibility index (Phi) is 5.88. The highest BCUT2D eigenvalue weighted by Gasteiger charge is 2.30. The molecule has 5 rings (SSSR count). The van der Waals surface area contributed by atoms with E-state index in [-0.39, 0.29) is 23.9 Å². The van der Waals surface area contributed by atoms with Gasteiger partial charge < -0.3 is 15.6 Å². The van der Waals surface area contributed by atoms with Crippen molar-refractivity contribution in [1.82, 2.24) is 19.2 Å². The molecule has 0 atom stereocenters. The number of sulfonamides is 1. The van der Waals surface area contributed by atoms with E-state index in [4.69, 9.17) is 5.73 Å². The molecule has 4 aromatic rings. The number of halogens is 1. The number of nitrogens with one attached hydrogen (secondary N) is 1. The summed E-state index contributed by atoms with van der Waals surface area (Å²) in [5, 5.41) is 1.82. The summed E-state index contributed by atoms with van der Waals surface area (Å²) < 4.78 is 28.8. The Balaban J connectivity index is 1.26. The van der Waals surface area contributed by atoms with Crippen molar-refractivity contribution < 1.29 is 13.2 Å². The molecule has 0 unspecified atom stereocenters. The van der Waals surface area contributed by atoms with Crippen molar-refractivity contribution in [3.8, 4) is 11.3 Å². The summed E-state index contributed by atoms with van der Waals surface area (Å²) in [6.07, 6.45) is 1.64. The molecular formula is C24H22BrN5O3S. The van der Waals surface area contributed by atoms with Crippen molar-refractivity contribution in [1.29, 1.82) is 0 Å². The van der Waals surface area contributed by atoms with Gasteiger partial charge in [0.05, 0.1) is 16.8 Å². The number of nitrogen functional groups attached to an aromatic ring is 1. The van der Waals surface area contributed by atoms with Crippen LogP contribution in [0.3, 0.4) is 0 Å². The number of piperazine rings is 1. The number of imidazole rings is 1. The average molecular weight is 540 g/mol. The lowest BCUT2D eigenvalue weighted by Gasteiger charge is -2.34. The molecule has 1 fully saturated rings. The van der Waals surface area contributed by atoms with E-state index in [1.807, 2.05) is 36.4 Å². The molecule has 0 bridgehead atoms. The monoisotopic (exact) mass is 539 g/mol. The molecule has 1 saturated heterocycles. The Bertz CT molecular complexity index is 1480. The lowest BCUT2D eigenvalue weighted by atomic mass is 10.1. The minimum absolute atomic E-state index is 0.121. The van der Waals surface area contributed by atoms with Gasteiger partial charge >= 0.3 is 0 Å². The molecule has 0 spiro atoms. The van der Waals surface area contributed by atoms with Gasteiger partial charge in [0.1, 0.15) is 0 Å². The molecule has 1 aliphatic heterocycles. The van der Waals surface area contributed by atoms with Crippen LogP contribution in [0.15, 0.2) is 76.2 Å². The maximum Gasteiger partial charge on any atom is 0.253 e. The zero-order chi connectivity index (χ0) is 23.9. The summed E-state index contributed by atoms with van der Waals surface area (Å²) in [6.45, 7) is 1.16. The van der Waals surface area contributed by atoms with Gasteiger partial charge in [-0.3, -0.25) is 4.79 Å². The highest BCUT2D eigenvalue weighted by molar-refractivity contribution is 9.10. The summed E-state index contributed by atoms with van der Waals surface area (Å²) in [6, 6.07) is 18.1. The van der Waals surface area contributed by atoms with Gasteiger partial charge in [-0.2, -0.15) is 4.31 Å². The number of anilines is 1. The van der Waals surface area contributed by atoms with Gasteiger partial charge in [-0.1, -0.05) is 40.2 Å². The first kappa shape index (κ1) is 22.6. The van der Waals surface area contributed by atoms with Crippen molar-refractivity contribution >= 4 is 48.6 Å². The summed E-state index contributed by atoms with van der Waals surface area (Å²) in [5.41, 5.74) is 7.82. The molecule has 3 N–H and O–H groups in total. The van der Waals surface area contributed by atoms with Crippen LogP contribution < -0.4 is 5.73 Å².